The molecule has 1 aromatic carbocycles. The van der Waals surface area contributed by atoms with Crippen LogP contribution >= 0.6 is 11.6 Å². The number of nitrogens with zero attached hydrogens (tertiary/aromatic N) is 4. The Balaban J connectivity index is 1.50. The monoisotopic (exact) mass is 450 g/mol. The van der Waals surface area contributed by atoms with Crippen LogP contribution in [0, 0.1) is 12.5 Å². The van der Waals surface area contributed by atoms with Gasteiger partial charge in [-0.1, -0.05) is 35.9 Å². The van der Waals surface area contributed by atoms with Gasteiger partial charge in [0.25, 0.3) is 0 Å². The van der Waals surface area contributed by atoms with E-state index in [1.165, 1.54) is 0 Å². The van der Waals surface area contributed by atoms with Gasteiger partial charge in [-0.25, -0.2) is 14.6 Å². The predicted molar refractivity (Wildman–Crippen MR) is 127 cm³/mol. The summed E-state index contributed by atoms with van der Waals surface area (Å²) in [7, 11) is 0. The van der Waals surface area contributed by atoms with Crippen molar-refractivity contribution in [3.63, 3.8) is 0 Å². The Hall–Kier alpha value is -3.04. The molecule has 0 spiro atoms. The molecule has 0 radical (unpaired) electrons. The van der Waals surface area contributed by atoms with Crippen molar-refractivity contribution >= 4 is 34.3 Å². The number of piperidine rings is 1. The minimum absolute atomic E-state index is 0.227. The van der Waals surface area contributed by atoms with Gasteiger partial charge in [0.2, 0.25) is 0 Å². The van der Waals surface area contributed by atoms with Crippen LogP contribution in [0.3, 0.4) is 0 Å². The van der Waals surface area contributed by atoms with Gasteiger partial charge in [-0.3, -0.25) is 0 Å². The molecule has 3 aromatic rings. The van der Waals surface area contributed by atoms with E-state index in [1.807, 2.05) is 44.0 Å². The molecule has 4 rings (SSSR count). The van der Waals surface area contributed by atoms with Crippen LogP contribution in [0.25, 0.3) is 26.9 Å². The first-order valence-electron chi connectivity index (χ1n) is 10.8. The topological polar surface area (TPSA) is 51.7 Å². The number of fused-ring (bicyclic) bond motifs is 1. The molecule has 1 fully saturated rings. The average molecular weight is 451 g/mol. The van der Waals surface area contributed by atoms with E-state index in [9.17, 15) is 4.79 Å². The number of halogens is 1. The zero-order valence-corrected chi connectivity index (χ0v) is 19.4. The highest BCUT2D eigenvalue weighted by atomic mass is 35.5. The Morgan fingerprint density at radius 3 is 2.53 bits per heavy atom. The molecular formula is C25H27ClN4O2. The van der Waals surface area contributed by atoms with Gasteiger partial charge in [-0.05, 0) is 51.2 Å². The molecule has 2 aromatic heterocycles. The lowest BCUT2D eigenvalue weighted by Crippen LogP contribution is -2.42. The van der Waals surface area contributed by atoms with Crippen LogP contribution < -0.4 is 0 Å². The van der Waals surface area contributed by atoms with E-state index in [0.29, 0.717) is 29.8 Å². The third-order valence-corrected chi connectivity index (χ3v) is 6.08. The minimum Gasteiger partial charge on any atom is -0.444 e. The normalized spacial score (nSPS) is 15.0. The van der Waals surface area contributed by atoms with Crippen LogP contribution in [0.4, 0.5) is 10.5 Å². The highest BCUT2D eigenvalue weighted by molar-refractivity contribution is 6.33. The van der Waals surface area contributed by atoms with E-state index < -0.39 is 5.60 Å². The predicted octanol–water partition coefficient (Wildman–Crippen LogP) is 6.55. The largest absolute Gasteiger partial charge is 0.444 e. The Kier molecular flexibility index (Phi) is 6.12. The molecule has 1 amide bonds. The van der Waals surface area contributed by atoms with E-state index >= 15 is 0 Å². The number of aromatic nitrogens is 2. The lowest BCUT2D eigenvalue weighted by Gasteiger charge is -2.33. The molecule has 0 unspecified atom stereocenters. The van der Waals surface area contributed by atoms with Crippen LogP contribution in [0.2, 0.25) is 5.15 Å². The summed E-state index contributed by atoms with van der Waals surface area (Å²) in [6.07, 6.45) is 5.55. The van der Waals surface area contributed by atoms with E-state index in [0.717, 1.165) is 41.4 Å². The Labute approximate surface area is 193 Å². The highest BCUT2D eigenvalue weighted by Gasteiger charge is 2.27. The number of carbonyl (C=O) groups is 1. The number of amides is 1. The molecule has 0 bridgehead atoms. The molecular weight excluding hydrogens is 424 g/mol. The molecule has 1 aliphatic heterocycles. The number of hydrogen-bond acceptors (Lipinski definition) is 3. The third kappa shape index (κ3) is 4.73. The maximum atomic E-state index is 12.3. The summed E-state index contributed by atoms with van der Waals surface area (Å²) in [4.78, 5) is 22.0. The van der Waals surface area contributed by atoms with Gasteiger partial charge in [0.1, 0.15) is 10.8 Å². The van der Waals surface area contributed by atoms with Crippen molar-refractivity contribution in [2.75, 3.05) is 13.1 Å². The molecule has 1 aliphatic rings. The smallest absolute Gasteiger partial charge is 0.410 e. The molecule has 1 saturated heterocycles. The lowest BCUT2D eigenvalue weighted by molar-refractivity contribution is 0.0178. The first kappa shape index (κ1) is 22.2. The lowest BCUT2D eigenvalue weighted by atomic mass is 9.97. The molecule has 0 saturated carbocycles. The summed E-state index contributed by atoms with van der Waals surface area (Å²) in [6, 6.07) is 9.51. The summed E-state index contributed by atoms with van der Waals surface area (Å²) >= 11 is 6.47. The average Bonchev–Trinajstić information content (AvgIpc) is 3.15. The summed E-state index contributed by atoms with van der Waals surface area (Å²) in [5.41, 5.74) is 3.00. The fourth-order valence-electron chi connectivity index (χ4n) is 4.17. The Morgan fingerprint density at radius 2 is 1.91 bits per heavy atom. The van der Waals surface area contributed by atoms with Gasteiger partial charge in [-0.15, -0.1) is 0 Å². The second kappa shape index (κ2) is 8.84. The molecule has 0 aliphatic carbocycles. The fraction of sp³-hybridized carbons (Fsp3) is 0.400. The standard InChI is InChI=1S/C25H27ClN4O2/c1-25(2,3)32-24(31)29-12-9-17(10-13-29)16-30-14-11-20-21(30)15-28-23(26)22(20)18-5-7-19(27-4)8-6-18/h5-8,11,14-15,17H,9-10,12-13,16H2,1-3H3. The first-order valence-corrected chi connectivity index (χ1v) is 11.2. The van der Waals surface area contributed by atoms with Crippen molar-refractivity contribution in [1.29, 1.82) is 0 Å². The van der Waals surface area contributed by atoms with Crippen molar-refractivity contribution in [3.8, 4) is 11.1 Å². The van der Waals surface area contributed by atoms with E-state index in [1.54, 1.807) is 12.1 Å². The van der Waals surface area contributed by atoms with Crippen molar-refractivity contribution in [1.82, 2.24) is 14.5 Å². The second-order valence-electron chi connectivity index (χ2n) is 9.26. The maximum Gasteiger partial charge on any atom is 0.410 e. The quantitative estimate of drug-likeness (QED) is 0.335. The molecule has 0 atom stereocenters. The molecule has 7 heteroatoms. The van der Waals surface area contributed by atoms with Crippen LogP contribution in [-0.2, 0) is 11.3 Å². The van der Waals surface area contributed by atoms with Crippen molar-refractivity contribution in [2.45, 2.75) is 45.8 Å². The van der Waals surface area contributed by atoms with Crippen molar-refractivity contribution in [3.05, 3.63) is 59.3 Å². The van der Waals surface area contributed by atoms with Gasteiger partial charge < -0.3 is 14.2 Å². The zero-order valence-electron chi connectivity index (χ0n) is 18.6. The van der Waals surface area contributed by atoms with Crippen molar-refractivity contribution < 1.29 is 9.53 Å². The van der Waals surface area contributed by atoms with E-state index in [-0.39, 0.29) is 6.09 Å². The minimum atomic E-state index is -0.472. The van der Waals surface area contributed by atoms with Gasteiger partial charge in [0, 0.05) is 36.8 Å². The second-order valence-corrected chi connectivity index (χ2v) is 9.62. The van der Waals surface area contributed by atoms with Crippen molar-refractivity contribution in [2.24, 2.45) is 5.92 Å². The maximum absolute atomic E-state index is 12.3. The number of carbonyl (C=O) groups excluding carboxylic acids is 1. The van der Waals surface area contributed by atoms with Gasteiger partial charge in [-0.2, -0.15) is 0 Å². The fourth-order valence-corrected chi connectivity index (χ4v) is 4.43. The molecule has 0 N–H and O–H groups in total. The summed E-state index contributed by atoms with van der Waals surface area (Å²) < 4.78 is 7.73. The van der Waals surface area contributed by atoms with E-state index in [4.69, 9.17) is 22.9 Å². The van der Waals surface area contributed by atoms with Gasteiger partial charge >= 0.3 is 6.09 Å². The van der Waals surface area contributed by atoms with Crippen LogP contribution in [0.1, 0.15) is 33.6 Å². The van der Waals surface area contributed by atoms with Gasteiger partial charge in [0.05, 0.1) is 18.3 Å². The zero-order chi connectivity index (χ0) is 22.9. The van der Waals surface area contributed by atoms with Gasteiger partial charge in [0.15, 0.2) is 5.69 Å². The number of benzene rings is 1. The molecule has 6 nitrogen and oxygen atoms in total. The SMILES string of the molecule is [C-]#[N+]c1ccc(-c2c(Cl)ncc3c2ccn3CC2CCN(C(=O)OC(C)(C)C)CC2)cc1. The van der Waals surface area contributed by atoms with E-state index in [2.05, 4.69) is 26.7 Å². The number of hydrogen-bond donors (Lipinski definition) is 0. The van der Waals surface area contributed by atoms with Crippen LogP contribution in [0.5, 0.6) is 0 Å². The highest BCUT2D eigenvalue weighted by Crippen LogP contribution is 2.35. The Morgan fingerprint density at radius 1 is 1.22 bits per heavy atom. The van der Waals surface area contributed by atoms with Crippen LogP contribution in [-0.4, -0.2) is 39.2 Å². The summed E-state index contributed by atoms with van der Waals surface area (Å²) in [6.45, 7) is 15.1. The molecule has 32 heavy (non-hydrogen) atoms. The summed E-state index contributed by atoms with van der Waals surface area (Å²) in [5, 5.41) is 1.50. The molecule has 3 heterocycles. The third-order valence-electron chi connectivity index (χ3n) is 5.79. The first-order chi connectivity index (χ1) is 15.2. The summed E-state index contributed by atoms with van der Waals surface area (Å²) in [5.74, 6) is 0.473. The number of pyridine rings is 1. The number of likely N-dealkylation sites (tertiary alicyclic amines) is 1. The number of ether oxygens (including phenoxy) is 1. The van der Waals surface area contributed by atoms with Crippen LogP contribution in [0.15, 0.2) is 42.7 Å². The molecule has 166 valence electrons. The number of rotatable bonds is 3. The Bertz CT molecular complexity index is 1160.